The molecule has 0 amide bonds. The molecular weight excluding hydrogens is 296 g/mol. The van der Waals surface area contributed by atoms with Crippen LogP contribution in [0.25, 0.3) is 22.5 Å². The molecule has 2 aromatic heterocycles. The van der Waals surface area contributed by atoms with Crippen molar-refractivity contribution in [1.29, 1.82) is 0 Å². The Morgan fingerprint density at radius 3 is 2.56 bits per heavy atom. The molecule has 6 nitrogen and oxygen atoms in total. The lowest BCUT2D eigenvalue weighted by atomic mass is 10.0. The highest BCUT2D eigenvalue weighted by Crippen LogP contribution is 2.33. The van der Waals surface area contributed by atoms with Crippen molar-refractivity contribution in [1.82, 2.24) is 25.6 Å². The third-order valence-electron chi connectivity index (χ3n) is 2.60. The molecule has 0 aliphatic heterocycles. The van der Waals surface area contributed by atoms with Gasteiger partial charge in [-0.15, -0.1) is 0 Å². The van der Waals surface area contributed by atoms with Crippen LogP contribution in [0.3, 0.4) is 0 Å². The Hall–Kier alpha value is -2.15. The topological polar surface area (TPSA) is 96.3 Å². The lowest BCUT2D eigenvalue weighted by Gasteiger charge is -2.02. The van der Waals surface area contributed by atoms with Crippen LogP contribution in [0.15, 0.2) is 34.9 Å². The van der Waals surface area contributed by atoms with Gasteiger partial charge in [0.1, 0.15) is 5.69 Å². The number of aromatic nitrogens is 5. The molecule has 4 N–H and O–H groups in total. The van der Waals surface area contributed by atoms with E-state index in [0.29, 0.717) is 11.5 Å². The van der Waals surface area contributed by atoms with Crippen LogP contribution in [-0.4, -0.2) is 25.6 Å². The summed E-state index contributed by atoms with van der Waals surface area (Å²) in [6.45, 7) is 0. The van der Waals surface area contributed by atoms with Crippen molar-refractivity contribution >= 4 is 21.7 Å². The fourth-order valence-electron chi connectivity index (χ4n) is 1.77. The van der Waals surface area contributed by atoms with Gasteiger partial charge >= 0.3 is 0 Å². The van der Waals surface area contributed by atoms with Crippen molar-refractivity contribution in [3.8, 4) is 22.5 Å². The van der Waals surface area contributed by atoms with Crippen molar-refractivity contribution < 1.29 is 0 Å². The molecular formula is C11H9BrN6. The van der Waals surface area contributed by atoms with Crippen LogP contribution in [0.4, 0.5) is 5.82 Å². The van der Waals surface area contributed by atoms with E-state index in [9.17, 15) is 0 Å². The van der Waals surface area contributed by atoms with E-state index in [1.807, 2.05) is 24.3 Å². The lowest BCUT2D eigenvalue weighted by Crippen LogP contribution is -1.88. The quantitative estimate of drug-likeness (QED) is 0.676. The Morgan fingerprint density at radius 1 is 1.11 bits per heavy atom. The van der Waals surface area contributed by atoms with Gasteiger partial charge in [0, 0.05) is 4.47 Å². The normalized spacial score (nSPS) is 10.7. The Labute approximate surface area is 111 Å². The summed E-state index contributed by atoms with van der Waals surface area (Å²) in [6, 6.07) is 7.84. The molecule has 3 rings (SSSR count). The number of hydrogen-bond donors (Lipinski definition) is 3. The SMILES string of the molecule is Nc1n[nH]c(-c2cn[nH]n2)c1-c1ccc(Br)cc1. The van der Waals surface area contributed by atoms with Gasteiger partial charge in [0.05, 0.1) is 17.5 Å². The molecule has 0 saturated carbocycles. The standard InChI is InChI=1S/C11H9BrN6/c12-7-3-1-6(2-4-7)9-10(16-17-11(9)13)8-5-14-18-15-8/h1-5H,(H3,13,16,17)(H,14,15,18). The number of aromatic amines is 2. The molecule has 2 heterocycles. The third kappa shape index (κ3) is 1.78. The van der Waals surface area contributed by atoms with E-state index >= 15 is 0 Å². The highest BCUT2D eigenvalue weighted by Gasteiger charge is 2.16. The predicted octanol–water partition coefficient (Wildman–Crippen LogP) is 2.21. The van der Waals surface area contributed by atoms with Gasteiger partial charge in [-0.2, -0.15) is 20.5 Å². The van der Waals surface area contributed by atoms with Crippen LogP contribution in [0.1, 0.15) is 0 Å². The van der Waals surface area contributed by atoms with Gasteiger partial charge in [-0.3, -0.25) is 5.10 Å². The molecule has 90 valence electrons. The summed E-state index contributed by atoms with van der Waals surface area (Å²) in [7, 11) is 0. The Morgan fingerprint density at radius 2 is 1.89 bits per heavy atom. The van der Waals surface area contributed by atoms with E-state index < -0.39 is 0 Å². The summed E-state index contributed by atoms with van der Waals surface area (Å²) in [5, 5.41) is 17.3. The molecule has 1 aromatic carbocycles. The number of benzene rings is 1. The molecule has 0 fully saturated rings. The number of hydrogen-bond acceptors (Lipinski definition) is 4. The molecule has 0 aliphatic carbocycles. The first kappa shape index (κ1) is 11.0. The lowest BCUT2D eigenvalue weighted by molar-refractivity contribution is 0.940. The van der Waals surface area contributed by atoms with E-state index in [2.05, 4.69) is 41.5 Å². The maximum Gasteiger partial charge on any atom is 0.153 e. The maximum absolute atomic E-state index is 5.91. The molecule has 3 aromatic rings. The molecule has 0 spiro atoms. The zero-order chi connectivity index (χ0) is 12.5. The van der Waals surface area contributed by atoms with Gasteiger partial charge in [0.15, 0.2) is 5.82 Å². The fraction of sp³-hybridized carbons (Fsp3) is 0. The second-order valence-corrected chi connectivity index (χ2v) is 4.64. The Balaban J connectivity index is 2.17. The molecule has 0 bridgehead atoms. The highest BCUT2D eigenvalue weighted by molar-refractivity contribution is 9.10. The number of nitrogens with two attached hydrogens (primary N) is 1. The molecule has 0 saturated heterocycles. The van der Waals surface area contributed by atoms with Crippen LogP contribution < -0.4 is 5.73 Å². The summed E-state index contributed by atoms with van der Waals surface area (Å²) in [6.07, 6.45) is 1.62. The van der Waals surface area contributed by atoms with Crippen LogP contribution in [0, 0.1) is 0 Å². The minimum Gasteiger partial charge on any atom is -0.382 e. The van der Waals surface area contributed by atoms with Crippen LogP contribution >= 0.6 is 15.9 Å². The Kier molecular flexibility index (Phi) is 2.60. The number of rotatable bonds is 2. The molecule has 0 unspecified atom stereocenters. The fourth-order valence-corrected chi connectivity index (χ4v) is 2.04. The van der Waals surface area contributed by atoms with Crippen LogP contribution in [-0.2, 0) is 0 Å². The molecule has 0 atom stereocenters. The monoisotopic (exact) mass is 304 g/mol. The predicted molar refractivity (Wildman–Crippen MR) is 71.5 cm³/mol. The maximum atomic E-state index is 5.91. The number of H-pyrrole nitrogens is 2. The number of anilines is 1. The molecule has 18 heavy (non-hydrogen) atoms. The average molecular weight is 305 g/mol. The smallest absolute Gasteiger partial charge is 0.153 e. The molecule has 0 aliphatic rings. The van der Waals surface area contributed by atoms with Crippen molar-refractivity contribution in [2.24, 2.45) is 0 Å². The van der Waals surface area contributed by atoms with E-state index in [0.717, 1.165) is 21.3 Å². The van der Waals surface area contributed by atoms with Crippen molar-refractivity contribution in [2.45, 2.75) is 0 Å². The van der Waals surface area contributed by atoms with Gasteiger partial charge in [-0.25, -0.2) is 0 Å². The molecule has 0 radical (unpaired) electrons. The second-order valence-electron chi connectivity index (χ2n) is 3.72. The zero-order valence-electron chi connectivity index (χ0n) is 9.18. The summed E-state index contributed by atoms with van der Waals surface area (Å²) in [5.74, 6) is 0.440. The van der Waals surface area contributed by atoms with E-state index in [1.165, 1.54) is 0 Å². The first-order valence-corrected chi connectivity index (χ1v) is 6.01. The van der Waals surface area contributed by atoms with Crippen molar-refractivity contribution in [3.05, 3.63) is 34.9 Å². The summed E-state index contributed by atoms with van der Waals surface area (Å²) in [4.78, 5) is 0. The molecule has 7 heteroatoms. The largest absolute Gasteiger partial charge is 0.382 e. The number of nitrogen functional groups attached to an aromatic ring is 1. The van der Waals surface area contributed by atoms with Gasteiger partial charge in [0.2, 0.25) is 0 Å². The van der Waals surface area contributed by atoms with Gasteiger partial charge in [0.25, 0.3) is 0 Å². The minimum absolute atomic E-state index is 0.440. The summed E-state index contributed by atoms with van der Waals surface area (Å²) >= 11 is 3.40. The van der Waals surface area contributed by atoms with Crippen LogP contribution in [0.2, 0.25) is 0 Å². The Bertz CT molecular complexity index is 655. The summed E-state index contributed by atoms with van der Waals surface area (Å²) in [5.41, 5.74) is 9.14. The number of halogens is 1. The van der Waals surface area contributed by atoms with Crippen molar-refractivity contribution in [3.63, 3.8) is 0 Å². The minimum atomic E-state index is 0.440. The zero-order valence-corrected chi connectivity index (χ0v) is 10.8. The van der Waals surface area contributed by atoms with Gasteiger partial charge < -0.3 is 5.73 Å². The van der Waals surface area contributed by atoms with E-state index in [1.54, 1.807) is 6.20 Å². The first-order valence-electron chi connectivity index (χ1n) is 5.21. The third-order valence-corrected chi connectivity index (χ3v) is 3.13. The van der Waals surface area contributed by atoms with Crippen LogP contribution in [0.5, 0.6) is 0 Å². The van der Waals surface area contributed by atoms with Crippen molar-refractivity contribution in [2.75, 3.05) is 5.73 Å². The number of nitrogens with one attached hydrogen (secondary N) is 2. The van der Waals surface area contributed by atoms with E-state index in [-0.39, 0.29) is 0 Å². The summed E-state index contributed by atoms with van der Waals surface area (Å²) < 4.78 is 1.01. The van der Waals surface area contributed by atoms with Gasteiger partial charge in [-0.1, -0.05) is 28.1 Å². The average Bonchev–Trinajstić information content (AvgIpc) is 2.99. The first-order chi connectivity index (χ1) is 8.75. The second kappa shape index (κ2) is 4.26. The van der Waals surface area contributed by atoms with Gasteiger partial charge in [-0.05, 0) is 17.7 Å². The highest BCUT2D eigenvalue weighted by atomic mass is 79.9. The number of nitrogens with zero attached hydrogens (tertiary/aromatic N) is 3. The van der Waals surface area contributed by atoms with E-state index in [4.69, 9.17) is 5.73 Å².